The van der Waals surface area contributed by atoms with Gasteiger partial charge >= 0.3 is 0 Å². The van der Waals surface area contributed by atoms with Gasteiger partial charge in [0.25, 0.3) is 5.69 Å². The number of rotatable bonds is 6. The third-order valence-corrected chi connectivity index (χ3v) is 7.13. The van der Waals surface area contributed by atoms with Gasteiger partial charge in [-0.15, -0.1) is 0 Å². The number of hydrogen-bond donors (Lipinski definition) is 0. The third kappa shape index (κ3) is 4.09. The fourth-order valence-electron chi connectivity index (χ4n) is 2.32. The summed E-state index contributed by atoms with van der Waals surface area (Å²) in [7, 11) is -5.82. The summed E-state index contributed by atoms with van der Waals surface area (Å²) < 4.78 is 49.6. The predicted molar refractivity (Wildman–Crippen MR) is 96.0 cm³/mol. The van der Waals surface area contributed by atoms with Crippen molar-refractivity contribution < 1.29 is 21.8 Å². The molecule has 0 amide bonds. The first-order valence-electron chi connectivity index (χ1n) is 7.47. The van der Waals surface area contributed by atoms with Crippen LogP contribution in [0.15, 0.2) is 58.3 Å². The normalized spacial score (nSPS) is 13.5. The van der Waals surface area contributed by atoms with Crippen LogP contribution in [0.25, 0.3) is 0 Å². The molecule has 0 aromatic heterocycles. The molecule has 8 nitrogen and oxygen atoms in total. The highest BCUT2D eigenvalue weighted by Gasteiger charge is 2.27. The summed E-state index contributed by atoms with van der Waals surface area (Å²) in [4.78, 5) is 10.2. The number of sulfone groups is 1. The molecule has 2 aromatic rings. The van der Waals surface area contributed by atoms with Crippen molar-refractivity contribution in [2.75, 3.05) is 13.3 Å². The minimum atomic E-state index is -3.87. The largest absolute Gasteiger partial charge is 0.269 e. The van der Waals surface area contributed by atoms with E-state index in [2.05, 4.69) is 0 Å². The zero-order valence-corrected chi connectivity index (χ0v) is 16.0. The van der Waals surface area contributed by atoms with Gasteiger partial charge in [0, 0.05) is 31.5 Å². The summed E-state index contributed by atoms with van der Waals surface area (Å²) in [5.41, 5.74) is 0.418. The van der Waals surface area contributed by atoms with Crippen LogP contribution in [0.1, 0.15) is 18.5 Å². The number of benzene rings is 2. The van der Waals surface area contributed by atoms with Crippen LogP contribution in [0.5, 0.6) is 0 Å². The summed E-state index contributed by atoms with van der Waals surface area (Å²) in [6, 6.07) is 10.0. The van der Waals surface area contributed by atoms with Crippen molar-refractivity contribution in [3.63, 3.8) is 0 Å². The van der Waals surface area contributed by atoms with Gasteiger partial charge in [0.1, 0.15) is 0 Å². The predicted octanol–water partition coefficient (Wildman–Crippen LogP) is 2.38. The monoisotopic (exact) mass is 398 g/mol. The number of non-ortho nitro benzene ring substituents is 1. The molecule has 0 radical (unpaired) electrons. The Balaban J connectivity index is 2.30. The van der Waals surface area contributed by atoms with Gasteiger partial charge < -0.3 is 0 Å². The van der Waals surface area contributed by atoms with Crippen LogP contribution in [-0.2, 0) is 19.9 Å². The van der Waals surface area contributed by atoms with Crippen molar-refractivity contribution in [3.8, 4) is 0 Å². The molecule has 0 unspecified atom stereocenters. The Hall–Kier alpha value is -2.30. The summed E-state index contributed by atoms with van der Waals surface area (Å²) in [6.45, 7) is 1.67. The molecule has 140 valence electrons. The molecule has 0 heterocycles. The lowest BCUT2D eigenvalue weighted by Crippen LogP contribution is -2.29. The fourth-order valence-corrected chi connectivity index (χ4v) is 4.30. The Kier molecular flexibility index (Phi) is 5.49. The van der Waals surface area contributed by atoms with Crippen LogP contribution in [-0.4, -0.2) is 39.4 Å². The summed E-state index contributed by atoms with van der Waals surface area (Å²) in [5.74, 6) is 0. The molecule has 0 aliphatic heterocycles. The van der Waals surface area contributed by atoms with Crippen molar-refractivity contribution in [3.05, 3.63) is 64.2 Å². The smallest absolute Gasteiger partial charge is 0.258 e. The minimum absolute atomic E-state index is 0.0646. The highest BCUT2D eigenvalue weighted by molar-refractivity contribution is 7.90. The number of nitro benzene ring substituents is 1. The van der Waals surface area contributed by atoms with Gasteiger partial charge in [0.05, 0.1) is 14.7 Å². The third-order valence-electron chi connectivity index (χ3n) is 4.06. The van der Waals surface area contributed by atoms with Crippen molar-refractivity contribution in [1.29, 1.82) is 0 Å². The first kappa shape index (κ1) is 20.0. The van der Waals surface area contributed by atoms with Gasteiger partial charge in [-0.25, -0.2) is 16.8 Å². The Morgan fingerprint density at radius 3 is 1.81 bits per heavy atom. The first-order chi connectivity index (χ1) is 11.9. The van der Waals surface area contributed by atoms with E-state index in [9.17, 15) is 26.9 Å². The van der Waals surface area contributed by atoms with Crippen molar-refractivity contribution >= 4 is 25.5 Å². The molecule has 0 N–H and O–H groups in total. The maximum atomic E-state index is 12.7. The lowest BCUT2D eigenvalue weighted by Gasteiger charge is -2.24. The summed E-state index contributed by atoms with van der Waals surface area (Å²) in [5, 5.41) is 10.7. The van der Waals surface area contributed by atoms with Gasteiger partial charge in [-0.2, -0.15) is 4.31 Å². The lowest BCUT2D eigenvalue weighted by molar-refractivity contribution is -0.384. The van der Waals surface area contributed by atoms with Gasteiger partial charge in [-0.05, 0) is 36.8 Å². The molecule has 0 saturated carbocycles. The van der Waals surface area contributed by atoms with E-state index in [1.165, 1.54) is 31.3 Å². The second-order valence-corrected chi connectivity index (χ2v) is 9.80. The Labute approximate surface area is 152 Å². The summed E-state index contributed by atoms with van der Waals surface area (Å²) in [6.07, 6.45) is 1.09. The molecule has 0 aliphatic carbocycles. The molecule has 0 bridgehead atoms. The fraction of sp³-hybridized carbons (Fsp3) is 0.250. The van der Waals surface area contributed by atoms with E-state index in [4.69, 9.17) is 0 Å². The molecule has 26 heavy (non-hydrogen) atoms. The SMILES string of the molecule is C[C@@H](c1ccc(S(C)(=O)=O)cc1)N(C)S(=O)(=O)c1ccc([N+](=O)[O-])cc1. The van der Waals surface area contributed by atoms with E-state index in [0.29, 0.717) is 5.56 Å². The standard InChI is InChI=1S/C16H18N2O6S2/c1-12(13-4-8-15(9-5-13)25(3,21)22)17(2)26(23,24)16-10-6-14(7-11-16)18(19)20/h4-12H,1-3H3/t12-/m0/s1. The van der Waals surface area contributed by atoms with E-state index < -0.39 is 30.8 Å². The van der Waals surface area contributed by atoms with Gasteiger partial charge in [0.2, 0.25) is 10.0 Å². The second-order valence-electron chi connectivity index (χ2n) is 5.79. The highest BCUT2D eigenvalue weighted by Crippen LogP contribution is 2.27. The Bertz CT molecular complexity index is 1010. The molecule has 10 heteroatoms. The molecular formula is C16H18N2O6S2. The molecule has 2 rings (SSSR count). The number of sulfonamides is 1. The molecule has 1 atom stereocenters. The van der Waals surface area contributed by atoms with Crippen molar-refractivity contribution in [1.82, 2.24) is 4.31 Å². The zero-order valence-electron chi connectivity index (χ0n) is 14.4. The highest BCUT2D eigenvalue weighted by atomic mass is 32.2. The average molecular weight is 398 g/mol. The number of hydrogen-bond acceptors (Lipinski definition) is 6. The Morgan fingerprint density at radius 1 is 0.923 bits per heavy atom. The van der Waals surface area contributed by atoms with Gasteiger partial charge in [0.15, 0.2) is 9.84 Å². The van der Waals surface area contributed by atoms with Gasteiger partial charge in [-0.3, -0.25) is 10.1 Å². The van der Waals surface area contributed by atoms with Crippen LogP contribution in [0.4, 0.5) is 5.69 Å². The average Bonchev–Trinajstić information content (AvgIpc) is 2.59. The maximum Gasteiger partial charge on any atom is 0.269 e. The van der Waals surface area contributed by atoms with Crippen molar-refractivity contribution in [2.45, 2.75) is 22.8 Å². The van der Waals surface area contributed by atoms with Gasteiger partial charge in [-0.1, -0.05) is 12.1 Å². The zero-order chi connectivity index (χ0) is 19.7. The molecule has 0 spiro atoms. The van der Waals surface area contributed by atoms with Crippen molar-refractivity contribution in [2.24, 2.45) is 0 Å². The van der Waals surface area contributed by atoms with E-state index in [0.717, 1.165) is 22.7 Å². The minimum Gasteiger partial charge on any atom is -0.258 e. The molecule has 0 saturated heterocycles. The lowest BCUT2D eigenvalue weighted by atomic mass is 10.1. The Morgan fingerprint density at radius 2 is 1.38 bits per heavy atom. The molecule has 0 fully saturated rings. The first-order valence-corrected chi connectivity index (χ1v) is 10.8. The van der Waals surface area contributed by atoms with Crippen LogP contribution in [0.3, 0.4) is 0 Å². The molecule has 2 aromatic carbocycles. The van der Waals surface area contributed by atoms with Crippen LogP contribution in [0, 0.1) is 10.1 Å². The maximum absolute atomic E-state index is 12.7. The van der Waals surface area contributed by atoms with E-state index in [1.54, 1.807) is 19.1 Å². The quantitative estimate of drug-likeness (QED) is 0.545. The van der Waals surface area contributed by atoms with Crippen LogP contribution in [0.2, 0.25) is 0 Å². The topological polar surface area (TPSA) is 115 Å². The molecular weight excluding hydrogens is 380 g/mol. The second kappa shape index (κ2) is 7.14. The van der Waals surface area contributed by atoms with Crippen LogP contribution < -0.4 is 0 Å². The van der Waals surface area contributed by atoms with E-state index >= 15 is 0 Å². The number of nitrogens with zero attached hydrogens (tertiary/aromatic N) is 2. The summed E-state index contributed by atoms with van der Waals surface area (Å²) >= 11 is 0. The molecule has 0 aliphatic rings. The number of nitro groups is 1. The van der Waals surface area contributed by atoms with Crippen LogP contribution >= 0.6 is 0 Å². The van der Waals surface area contributed by atoms with E-state index in [1.807, 2.05) is 0 Å². The van der Waals surface area contributed by atoms with E-state index in [-0.39, 0.29) is 15.5 Å².